The number of aromatic nitrogens is 2. The number of nitrogens with zero attached hydrogens (tertiary/aromatic N) is 3. The molecule has 5 nitrogen and oxygen atoms in total. The number of nitrogen functional groups attached to an aromatic ring is 1. The number of carbonyl (C=O) groups is 1. The average molecular weight is 270 g/mol. The van der Waals surface area contributed by atoms with Crippen molar-refractivity contribution >= 4 is 11.6 Å². The van der Waals surface area contributed by atoms with Crippen LogP contribution in [0.1, 0.15) is 24.9 Å². The Morgan fingerprint density at radius 2 is 2.15 bits per heavy atom. The predicted molar refractivity (Wildman–Crippen MR) is 77.0 cm³/mol. The van der Waals surface area contributed by atoms with Gasteiger partial charge in [-0.1, -0.05) is 30.3 Å². The molecule has 2 aromatic rings. The maximum absolute atomic E-state index is 11.7. The van der Waals surface area contributed by atoms with E-state index in [9.17, 15) is 4.79 Å². The molecule has 1 aromatic carbocycles. The number of likely N-dealkylation sites (tertiary alicyclic amines) is 1. The van der Waals surface area contributed by atoms with Crippen molar-refractivity contribution in [2.24, 2.45) is 0 Å². The third kappa shape index (κ3) is 2.15. The minimum absolute atomic E-state index is 0.0196. The number of anilines is 1. The van der Waals surface area contributed by atoms with Crippen LogP contribution < -0.4 is 5.73 Å². The van der Waals surface area contributed by atoms with Gasteiger partial charge in [-0.3, -0.25) is 9.48 Å². The lowest BCUT2D eigenvalue weighted by atomic mass is 9.90. The van der Waals surface area contributed by atoms with Gasteiger partial charge in [0.1, 0.15) is 0 Å². The highest BCUT2D eigenvalue weighted by Crippen LogP contribution is 2.33. The Balaban J connectivity index is 1.98. The van der Waals surface area contributed by atoms with Gasteiger partial charge in [-0.25, -0.2) is 0 Å². The van der Waals surface area contributed by atoms with Crippen LogP contribution in [-0.2, 0) is 4.79 Å². The Hall–Kier alpha value is -2.30. The van der Waals surface area contributed by atoms with Gasteiger partial charge in [0.2, 0.25) is 5.91 Å². The van der Waals surface area contributed by atoms with Crippen molar-refractivity contribution in [2.45, 2.75) is 25.4 Å². The Bertz CT molecular complexity index is 607. The van der Waals surface area contributed by atoms with Crippen LogP contribution in [-0.4, -0.2) is 33.2 Å². The highest BCUT2D eigenvalue weighted by Gasteiger charge is 2.38. The summed E-state index contributed by atoms with van der Waals surface area (Å²) in [5.41, 5.74) is 7.57. The normalized spacial score (nSPS) is 19.4. The van der Waals surface area contributed by atoms with Gasteiger partial charge in [0.15, 0.2) is 0 Å². The number of hydrogen-bond acceptors (Lipinski definition) is 3. The van der Waals surface area contributed by atoms with E-state index in [1.165, 1.54) is 0 Å². The first kappa shape index (κ1) is 12.7. The Labute approximate surface area is 118 Å². The molecule has 1 fully saturated rings. The molecular formula is C15H18N4O. The average Bonchev–Trinajstić information content (AvgIpc) is 2.81. The Morgan fingerprint density at radius 1 is 1.40 bits per heavy atom. The topological polar surface area (TPSA) is 64.2 Å². The van der Waals surface area contributed by atoms with E-state index in [1.807, 2.05) is 34.0 Å². The van der Waals surface area contributed by atoms with Crippen LogP contribution >= 0.6 is 0 Å². The molecule has 1 aliphatic heterocycles. The quantitative estimate of drug-likeness (QED) is 0.922. The van der Waals surface area contributed by atoms with Crippen molar-refractivity contribution in [1.29, 1.82) is 0 Å². The van der Waals surface area contributed by atoms with Crippen LogP contribution in [0.3, 0.4) is 0 Å². The minimum Gasteiger partial charge on any atom is -0.396 e. The molecule has 1 saturated heterocycles. The Kier molecular flexibility index (Phi) is 3.18. The van der Waals surface area contributed by atoms with Gasteiger partial charge in [-0.05, 0) is 12.0 Å². The fraction of sp³-hybridized carbons (Fsp3) is 0.333. The van der Waals surface area contributed by atoms with Gasteiger partial charge >= 0.3 is 0 Å². The van der Waals surface area contributed by atoms with Gasteiger partial charge in [0, 0.05) is 19.7 Å². The second kappa shape index (κ2) is 5.00. The van der Waals surface area contributed by atoms with Crippen LogP contribution in [0.25, 0.3) is 0 Å². The smallest absolute Gasteiger partial charge is 0.219 e. The van der Waals surface area contributed by atoms with E-state index in [0.717, 1.165) is 18.5 Å². The molecule has 0 saturated carbocycles. The Morgan fingerprint density at radius 3 is 2.65 bits per heavy atom. The van der Waals surface area contributed by atoms with E-state index < -0.39 is 0 Å². The molecule has 0 bridgehead atoms. The highest BCUT2D eigenvalue weighted by molar-refractivity contribution is 5.74. The van der Waals surface area contributed by atoms with Gasteiger partial charge in [0.25, 0.3) is 0 Å². The fourth-order valence-electron chi connectivity index (χ4n) is 2.83. The summed E-state index contributed by atoms with van der Waals surface area (Å²) in [5, 5.41) is 4.34. The summed E-state index contributed by atoms with van der Waals surface area (Å²) in [4.78, 5) is 13.6. The van der Waals surface area contributed by atoms with Gasteiger partial charge in [0.05, 0.1) is 24.0 Å². The molecule has 0 spiro atoms. The molecule has 2 heterocycles. The van der Waals surface area contributed by atoms with Crippen LogP contribution in [0, 0.1) is 0 Å². The molecule has 20 heavy (non-hydrogen) atoms. The largest absolute Gasteiger partial charge is 0.396 e. The summed E-state index contributed by atoms with van der Waals surface area (Å²) in [6, 6.07) is 10.3. The molecule has 1 aliphatic rings. The molecule has 0 aliphatic carbocycles. The fourth-order valence-corrected chi connectivity index (χ4v) is 2.83. The van der Waals surface area contributed by atoms with E-state index in [-0.39, 0.29) is 18.0 Å². The zero-order chi connectivity index (χ0) is 14.1. The van der Waals surface area contributed by atoms with Gasteiger partial charge < -0.3 is 10.6 Å². The monoisotopic (exact) mass is 270 g/mol. The van der Waals surface area contributed by atoms with Crippen LogP contribution in [0.15, 0.2) is 42.7 Å². The molecule has 104 valence electrons. The van der Waals surface area contributed by atoms with Crippen LogP contribution in [0.4, 0.5) is 5.69 Å². The number of amides is 1. The van der Waals surface area contributed by atoms with Gasteiger partial charge in [-0.15, -0.1) is 0 Å². The molecule has 5 heteroatoms. The number of hydrogen-bond donors (Lipinski definition) is 1. The van der Waals surface area contributed by atoms with Gasteiger partial charge in [-0.2, -0.15) is 5.10 Å². The first-order chi connectivity index (χ1) is 9.66. The van der Waals surface area contributed by atoms with Crippen molar-refractivity contribution in [1.82, 2.24) is 14.7 Å². The van der Waals surface area contributed by atoms with Crippen molar-refractivity contribution in [2.75, 3.05) is 12.3 Å². The summed E-state index contributed by atoms with van der Waals surface area (Å²) in [7, 11) is 0. The number of benzene rings is 1. The van der Waals surface area contributed by atoms with Crippen molar-refractivity contribution in [3.8, 4) is 0 Å². The minimum atomic E-state index is 0.0196. The number of carbonyl (C=O) groups excluding carboxylic acids is 1. The van der Waals surface area contributed by atoms with E-state index in [0.29, 0.717) is 5.69 Å². The molecule has 2 atom stereocenters. The maximum atomic E-state index is 11.7. The summed E-state index contributed by atoms with van der Waals surface area (Å²) >= 11 is 0. The van der Waals surface area contributed by atoms with E-state index in [2.05, 4.69) is 17.2 Å². The zero-order valence-corrected chi connectivity index (χ0v) is 11.4. The van der Waals surface area contributed by atoms with Crippen molar-refractivity contribution in [3.05, 3.63) is 48.3 Å². The first-order valence-corrected chi connectivity index (χ1v) is 6.78. The number of nitrogens with two attached hydrogens (primary N) is 1. The zero-order valence-electron chi connectivity index (χ0n) is 11.4. The molecule has 1 amide bonds. The maximum Gasteiger partial charge on any atom is 0.219 e. The van der Waals surface area contributed by atoms with E-state index in [1.54, 1.807) is 13.1 Å². The van der Waals surface area contributed by atoms with E-state index in [4.69, 9.17) is 5.73 Å². The standard InChI is InChI=1S/C15H18N4O/c1-11(20)18-8-7-14(18)15(12-5-3-2-4-6-12)19-10-13(16)9-17-19/h2-6,9-10,14-15H,7-8,16H2,1H3. The second-order valence-corrected chi connectivity index (χ2v) is 5.18. The second-order valence-electron chi connectivity index (χ2n) is 5.18. The lowest BCUT2D eigenvalue weighted by molar-refractivity contribution is -0.137. The lowest BCUT2D eigenvalue weighted by Crippen LogP contribution is -2.54. The predicted octanol–water partition coefficient (Wildman–Crippen LogP) is 1.68. The third-order valence-corrected chi connectivity index (χ3v) is 3.88. The molecule has 2 unspecified atom stereocenters. The SMILES string of the molecule is CC(=O)N1CCC1C(c1ccccc1)n1cc(N)cn1. The molecule has 2 N–H and O–H groups in total. The summed E-state index contributed by atoms with van der Waals surface area (Å²) < 4.78 is 1.87. The summed E-state index contributed by atoms with van der Waals surface area (Å²) in [5.74, 6) is 0.113. The third-order valence-electron chi connectivity index (χ3n) is 3.88. The highest BCUT2D eigenvalue weighted by atomic mass is 16.2. The molecular weight excluding hydrogens is 252 g/mol. The summed E-state index contributed by atoms with van der Waals surface area (Å²) in [6.45, 7) is 2.44. The first-order valence-electron chi connectivity index (χ1n) is 6.78. The number of rotatable bonds is 3. The van der Waals surface area contributed by atoms with Crippen LogP contribution in [0.2, 0.25) is 0 Å². The lowest BCUT2D eigenvalue weighted by Gasteiger charge is -2.45. The van der Waals surface area contributed by atoms with E-state index >= 15 is 0 Å². The van der Waals surface area contributed by atoms with Crippen molar-refractivity contribution in [3.63, 3.8) is 0 Å². The molecule has 3 rings (SSSR count). The molecule has 1 aromatic heterocycles. The van der Waals surface area contributed by atoms with Crippen LogP contribution in [0.5, 0.6) is 0 Å². The van der Waals surface area contributed by atoms with Crippen molar-refractivity contribution < 1.29 is 4.79 Å². The molecule has 0 radical (unpaired) electrons. The summed E-state index contributed by atoms with van der Waals surface area (Å²) in [6.07, 6.45) is 4.46.